The van der Waals surface area contributed by atoms with Crippen LogP contribution in [0.3, 0.4) is 0 Å². The van der Waals surface area contributed by atoms with Crippen molar-refractivity contribution in [3.63, 3.8) is 0 Å². The topological polar surface area (TPSA) is 59.7 Å². The number of aryl methyl sites for hydroxylation is 2. The summed E-state index contributed by atoms with van der Waals surface area (Å²) in [7, 11) is 1.58. The Balaban J connectivity index is 2.14. The zero-order valence-electron chi connectivity index (χ0n) is 13.6. The zero-order valence-corrected chi connectivity index (χ0v) is 13.6. The van der Waals surface area contributed by atoms with Crippen molar-refractivity contribution in [2.24, 2.45) is 0 Å². The molecular formula is C19H18O4. The molecule has 2 aromatic carbocycles. The summed E-state index contributed by atoms with van der Waals surface area (Å²) in [6.07, 6.45) is 0. The Morgan fingerprint density at radius 2 is 1.74 bits per heavy atom. The monoisotopic (exact) mass is 310 g/mol. The molecule has 3 rings (SSSR count). The van der Waals surface area contributed by atoms with E-state index in [1.54, 1.807) is 31.4 Å². The first kappa shape index (κ1) is 15.2. The molecular weight excluding hydrogens is 292 g/mol. The molecule has 0 saturated carbocycles. The van der Waals surface area contributed by atoms with Crippen molar-refractivity contribution in [2.75, 3.05) is 7.11 Å². The second-order valence-electron chi connectivity index (χ2n) is 5.66. The van der Waals surface area contributed by atoms with E-state index >= 15 is 0 Å². The third-order valence-electron chi connectivity index (χ3n) is 4.27. The van der Waals surface area contributed by atoms with Crippen LogP contribution in [-0.4, -0.2) is 18.0 Å². The van der Waals surface area contributed by atoms with Gasteiger partial charge in [0.25, 0.3) is 0 Å². The van der Waals surface area contributed by atoms with Crippen LogP contribution in [0.5, 0.6) is 11.5 Å². The molecule has 0 amide bonds. The quantitative estimate of drug-likeness (QED) is 0.733. The summed E-state index contributed by atoms with van der Waals surface area (Å²) in [4.78, 5) is 12.7. The number of hydrogen-bond donors (Lipinski definition) is 1. The van der Waals surface area contributed by atoms with Gasteiger partial charge in [0.1, 0.15) is 5.75 Å². The van der Waals surface area contributed by atoms with Gasteiger partial charge in [-0.1, -0.05) is 0 Å². The van der Waals surface area contributed by atoms with E-state index < -0.39 is 0 Å². The molecule has 0 atom stereocenters. The molecule has 1 heterocycles. The van der Waals surface area contributed by atoms with Gasteiger partial charge in [0, 0.05) is 16.5 Å². The van der Waals surface area contributed by atoms with Crippen LogP contribution in [0.1, 0.15) is 32.8 Å². The molecule has 1 aromatic heterocycles. The normalized spacial score (nSPS) is 11.0. The lowest BCUT2D eigenvalue weighted by atomic mass is 10.0. The number of phenols is 1. The fourth-order valence-corrected chi connectivity index (χ4v) is 2.65. The molecule has 0 aliphatic carbocycles. The van der Waals surface area contributed by atoms with Crippen molar-refractivity contribution in [3.05, 3.63) is 58.3 Å². The molecule has 23 heavy (non-hydrogen) atoms. The van der Waals surface area contributed by atoms with E-state index in [1.165, 1.54) is 0 Å². The molecule has 4 heteroatoms. The van der Waals surface area contributed by atoms with Crippen molar-refractivity contribution in [3.8, 4) is 11.5 Å². The number of rotatable bonds is 3. The minimum atomic E-state index is -0.212. The summed E-state index contributed by atoms with van der Waals surface area (Å²) < 4.78 is 10.8. The number of benzene rings is 2. The summed E-state index contributed by atoms with van der Waals surface area (Å²) in [5.74, 6) is 0.824. The minimum Gasteiger partial charge on any atom is -0.504 e. The van der Waals surface area contributed by atoms with E-state index in [-0.39, 0.29) is 17.3 Å². The highest BCUT2D eigenvalue weighted by Gasteiger charge is 2.22. The Morgan fingerprint density at radius 3 is 2.35 bits per heavy atom. The van der Waals surface area contributed by atoms with Crippen molar-refractivity contribution < 1.29 is 19.1 Å². The largest absolute Gasteiger partial charge is 0.504 e. The second-order valence-corrected chi connectivity index (χ2v) is 5.66. The number of aromatic hydroxyl groups is 1. The van der Waals surface area contributed by atoms with Gasteiger partial charge in [-0.15, -0.1) is 0 Å². The van der Waals surface area contributed by atoms with E-state index in [1.807, 2.05) is 26.8 Å². The molecule has 0 radical (unpaired) electrons. The highest BCUT2D eigenvalue weighted by atomic mass is 16.5. The summed E-state index contributed by atoms with van der Waals surface area (Å²) in [5, 5.41) is 11.0. The van der Waals surface area contributed by atoms with Gasteiger partial charge in [0.15, 0.2) is 17.1 Å². The number of carbonyl (C=O) groups is 1. The molecule has 1 N–H and O–H groups in total. The second kappa shape index (κ2) is 5.47. The number of ether oxygens (including phenoxy) is 1. The van der Waals surface area contributed by atoms with Crippen LogP contribution in [-0.2, 0) is 0 Å². The van der Waals surface area contributed by atoms with E-state index in [4.69, 9.17) is 9.15 Å². The molecule has 0 bridgehead atoms. The van der Waals surface area contributed by atoms with Gasteiger partial charge in [-0.2, -0.15) is 0 Å². The lowest BCUT2D eigenvalue weighted by Gasteiger charge is -2.03. The molecule has 0 aliphatic heterocycles. The Morgan fingerprint density at radius 1 is 1.09 bits per heavy atom. The number of phenolic OH excluding ortho intramolecular Hbond substituents is 1. The molecule has 4 nitrogen and oxygen atoms in total. The molecule has 3 aromatic rings. The molecule has 118 valence electrons. The van der Waals surface area contributed by atoms with Crippen molar-refractivity contribution in [1.29, 1.82) is 0 Å². The molecule has 0 aliphatic rings. The fourth-order valence-electron chi connectivity index (χ4n) is 2.65. The van der Waals surface area contributed by atoms with Gasteiger partial charge < -0.3 is 14.3 Å². The third kappa shape index (κ3) is 2.36. The summed E-state index contributed by atoms with van der Waals surface area (Å²) >= 11 is 0. The molecule has 0 unspecified atom stereocenters. The third-order valence-corrected chi connectivity index (χ3v) is 4.27. The van der Waals surface area contributed by atoms with Gasteiger partial charge in [-0.3, -0.25) is 4.79 Å². The van der Waals surface area contributed by atoms with Crippen molar-refractivity contribution in [2.45, 2.75) is 20.8 Å². The van der Waals surface area contributed by atoms with Gasteiger partial charge in [0.05, 0.1) is 7.11 Å². The number of carbonyl (C=O) groups excluding carboxylic acids is 1. The van der Waals surface area contributed by atoms with Crippen LogP contribution in [0.25, 0.3) is 11.0 Å². The maximum atomic E-state index is 12.7. The highest BCUT2D eigenvalue weighted by Crippen LogP contribution is 2.36. The lowest BCUT2D eigenvalue weighted by molar-refractivity contribution is 0.101. The Hall–Kier alpha value is -2.75. The van der Waals surface area contributed by atoms with Crippen LogP contribution in [0, 0.1) is 20.8 Å². The summed E-state index contributed by atoms with van der Waals surface area (Å²) in [6.45, 7) is 5.58. The number of methoxy groups -OCH3 is 1. The maximum Gasteiger partial charge on any atom is 0.228 e. The first-order valence-corrected chi connectivity index (χ1v) is 7.35. The van der Waals surface area contributed by atoms with E-state index in [0.717, 1.165) is 22.1 Å². The predicted octanol–water partition coefficient (Wildman–Crippen LogP) is 4.30. The first-order valence-electron chi connectivity index (χ1n) is 7.35. The SMILES string of the molecule is COc1ccc(C(=O)c2oc3c(O)c(C)c(C)cc3c2C)cc1. The Kier molecular flexibility index (Phi) is 3.60. The van der Waals surface area contributed by atoms with Gasteiger partial charge >= 0.3 is 0 Å². The summed E-state index contributed by atoms with van der Waals surface area (Å²) in [5.41, 5.74) is 3.33. The smallest absolute Gasteiger partial charge is 0.228 e. The van der Waals surface area contributed by atoms with E-state index in [9.17, 15) is 9.90 Å². The van der Waals surface area contributed by atoms with Gasteiger partial charge in [-0.25, -0.2) is 0 Å². The lowest BCUT2D eigenvalue weighted by Crippen LogP contribution is -2.01. The predicted molar refractivity (Wildman–Crippen MR) is 88.5 cm³/mol. The first-order chi connectivity index (χ1) is 10.9. The average Bonchev–Trinajstić information content (AvgIpc) is 2.89. The van der Waals surface area contributed by atoms with Gasteiger partial charge in [-0.05, 0) is 62.2 Å². The Labute approximate surface area is 134 Å². The van der Waals surface area contributed by atoms with Crippen LogP contribution >= 0.6 is 0 Å². The maximum absolute atomic E-state index is 12.7. The van der Waals surface area contributed by atoms with Gasteiger partial charge in [0.2, 0.25) is 5.78 Å². The fraction of sp³-hybridized carbons (Fsp3) is 0.211. The van der Waals surface area contributed by atoms with Crippen LogP contribution in [0.2, 0.25) is 0 Å². The van der Waals surface area contributed by atoms with E-state index in [2.05, 4.69) is 0 Å². The highest BCUT2D eigenvalue weighted by molar-refractivity contribution is 6.11. The zero-order chi connectivity index (χ0) is 16.7. The average molecular weight is 310 g/mol. The van der Waals surface area contributed by atoms with Crippen LogP contribution in [0.15, 0.2) is 34.7 Å². The van der Waals surface area contributed by atoms with Crippen LogP contribution in [0.4, 0.5) is 0 Å². The molecule has 0 saturated heterocycles. The minimum absolute atomic E-state index is 0.0943. The van der Waals surface area contributed by atoms with E-state index in [0.29, 0.717) is 16.9 Å². The number of ketones is 1. The van der Waals surface area contributed by atoms with Crippen molar-refractivity contribution >= 4 is 16.8 Å². The number of hydrogen-bond acceptors (Lipinski definition) is 4. The van der Waals surface area contributed by atoms with Crippen molar-refractivity contribution in [1.82, 2.24) is 0 Å². The number of furan rings is 1. The standard InChI is InChI=1S/C19H18O4/c1-10-9-15-12(3)18(23-19(15)16(20)11(10)2)17(21)13-5-7-14(22-4)8-6-13/h5-9,20H,1-4H3. The molecule has 0 fully saturated rings. The van der Waals surface area contributed by atoms with Crippen LogP contribution < -0.4 is 4.74 Å². The Bertz CT molecular complexity index is 902. The molecule has 0 spiro atoms. The number of fused-ring (bicyclic) bond motifs is 1. The summed E-state index contributed by atoms with van der Waals surface area (Å²) in [6, 6.07) is 8.80.